The van der Waals surface area contributed by atoms with Crippen LogP contribution in [0.2, 0.25) is 0 Å². The summed E-state index contributed by atoms with van der Waals surface area (Å²) in [6, 6.07) is -1.51. The molecule has 1 heterocycles. The Morgan fingerprint density at radius 1 is 1.47 bits per heavy atom. The fourth-order valence-electron chi connectivity index (χ4n) is 0.661. The van der Waals surface area contributed by atoms with Crippen molar-refractivity contribution in [3.63, 3.8) is 0 Å². The first-order valence-electron chi connectivity index (χ1n) is 3.68. The van der Waals surface area contributed by atoms with Crippen LogP contribution < -0.4 is 51.2 Å². The summed E-state index contributed by atoms with van der Waals surface area (Å²) < 4.78 is 27.2. The van der Waals surface area contributed by atoms with Crippen molar-refractivity contribution >= 4 is 28.1 Å². The molecule has 1 aliphatic rings. The summed E-state index contributed by atoms with van der Waals surface area (Å²) in [7, 11) is -3.92. The minimum Gasteiger partial charge on any atom is -0.748 e. The molecule has 0 aromatic heterocycles. The maximum Gasteiger partial charge on any atom is 1.00 e. The zero-order chi connectivity index (χ0) is 12.9. The smallest absolute Gasteiger partial charge is 0.748 e. The van der Waals surface area contributed by atoms with Gasteiger partial charge < -0.3 is 20.9 Å². The van der Waals surface area contributed by atoms with Crippen LogP contribution in [0.25, 0.3) is 0 Å². The van der Waals surface area contributed by atoms with Crippen molar-refractivity contribution in [1.29, 1.82) is 0 Å². The monoisotopic (exact) mass is 276 g/mol. The van der Waals surface area contributed by atoms with Crippen LogP contribution in [0.5, 0.6) is 0 Å². The molecule has 10 nitrogen and oxygen atoms in total. The summed E-state index contributed by atoms with van der Waals surface area (Å²) in [6.45, 7) is 0. The van der Waals surface area contributed by atoms with E-state index in [4.69, 9.17) is 18.7 Å². The van der Waals surface area contributed by atoms with Gasteiger partial charge in [0.05, 0.1) is 10.1 Å². The van der Waals surface area contributed by atoms with Crippen molar-refractivity contribution in [2.24, 2.45) is 5.73 Å². The Bertz CT molecular complexity index is 401. The van der Waals surface area contributed by atoms with Crippen LogP contribution in [-0.2, 0) is 14.9 Å². The first kappa shape index (κ1) is 18.5. The van der Waals surface area contributed by atoms with E-state index in [1.165, 1.54) is 0 Å². The molecule has 0 bridgehead atoms. The van der Waals surface area contributed by atoms with Gasteiger partial charge in [-0.15, -0.1) is 0 Å². The van der Waals surface area contributed by atoms with Crippen LogP contribution in [0, 0.1) is 0 Å². The second kappa shape index (κ2) is 7.45. The molecule has 0 aliphatic carbocycles. The van der Waals surface area contributed by atoms with E-state index in [-0.39, 0.29) is 29.6 Å². The van der Waals surface area contributed by atoms with Crippen molar-refractivity contribution in [1.82, 2.24) is 16.0 Å². The van der Waals surface area contributed by atoms with Crippen LogP contribution in [0.1, 0.15) is 0 Å². The molecular formula is C5H9N4NaO6S. The number of urea groups is 2. The fraction of sp³-hybridized carbons (Fsp3) is 0.400. The van der Waals surface area contributed by atoms with Gasteiger partial charge in [-0.05, 0) is 0 Å². The van der Waals surface area contributed by atoms with E-state index < -0.39 is 34.3 Å². The van der Waals surface area contributed by atoms with Gasteiger partial charge in [0, 0.05) is 6.26 Å². The number of nitrogens with one attached hydrogen (secondary N) is 3. The Labute approximate surface area is 119 Å². The Kier molecular flexibility index (Phi) is 8.10. The molecule has 1 atom stereocenters. The molecule has 1 aliphatic heterocycles. The number of carbonyl (C=O) groups excluding carboxylic acids is 3. The minimum atomic E-state index is -3.92. The quantitative estimate of drug-likeness (QED) is 0.211. The molecule has 5 N–H and O–H groups in total. The molecule has 12 heteroatoms. The number of amides is 5. The van der Waals surface area contributed by atoms with E-state index in [2.05, 4.69) is 5.32 Å². The second-order valence-electron chi connectivity index (χ2n) is 2.61. The van der Waals surface area contributed by atoms with Gasteiger partial charge in [0.1, 0.15) is 0 Å². The summed E-state index contributed by atoms with van der Waals surface area (Å²) in [5, 5.41) is 6.05. The number of hydrogen-bond acceptors (Lipinski definition) is 6. The van der Waals surface area contributed by atoms with Gasteiger partial charge in [-0.3, -0.25) is 10.1 Å². The Hall–Kier alpha value is -0.880. The first-order valence-corrected chi connectivity index (χ1v) is 5.49. The molecule has 0 saturated carbocycles. The van der Waals surface area contributed by atoms with Crippen molar-refractivity contribution in [2.45, 2.75) is 6.17 Å². The summed E-state index contributed by atoms with van der Waals surface area (Å²) >= 11 is 0. The van der Waals surface area contributed by atoms with Gasteiger partial charge >= 0.3 is 41.6 Å². The van der Waals surface area contributed by atoms with E-state index in [1.54, 1.807) is 0 Å². The predicted octanol–water partition coefficient (Wildman–Crippen LogP) is -6.01. The average Bonchev–Trinajstić information content (AvgIpc) is 2.24. The van der Waals surface area contributed by atoms with Crippen molar-refractivity contribution in [3.8, 4) is 0 Å². The second-order valence-corrected chi connectivity index (χ2v) is 4.02. The van der Waals surface area contributed by atoms with Crippen molar-refractivity contribution in [2.75, 3.05) is 6.26 Å². The summed E-state index contributed by atoms with van der Waals surface area (Å²) in [5.41, 5.74) is 4.70. The third kappa shape index (κ3) is 11.4. The Morgan fingerprint density at radius 2 is 1.88 bits per heavy atom. The Balaban J connectivity index is 0. The Morgan fingerprint density at radius 3 is 2.12 bits per heavy atom. The van der Waals surface area contributed by atoms with E-state index in [9.17, 15) is 14.4 Å². The molecule has 1 unspecified atom stereocenters. The van der Waals surface area contributed by atoms with Gasteiger partial charge in [0.2, 0.25) is 0 Å². The number of hydrogen-bond donors (Lipinski definition) is 4. The third-order valence-corrected chi connectivity index (χ3v) is 1.06. The van der Waals surface area contributed by atoms with Gasteiger partial charge in [-0.1, -0.05) is 0 Å². The summed E-state index contributed by atoms with van der Waals surface area (Å²) in [5.74, 6) is -0.617. The van der Waals surface area contributed by atoms with Crippen LogP contribution in [0.15, 0.2) is 0 Å². The average molecular weight is 276 g/mol. The normalized spacial score (nSPS) is 17.9. The molecule has 0 aromatic carbocycles. The van der Waals surface area contributed by atoms with Crippen LogP contribution in [-0.4, -0.2) is 43.4 Å². The zero-order valence-corrected chi connectivity index (χ0v) is 11.8. The molecule has 1 saturated heterocycles. The SMILES string of the molecule is CS(=O)(=O)[O-].NC(=O)NC1NC(=O)NC1=O.[Na+]. The maximum absolute atomic E-state index is 10.7. The fourth-order valence-corrected chi connectivity index (χ4v) is 0.661. The number of carbonyl (C=O) groups is 3. The maximum atomic E-state index is 10.7. The van der Waals surface area contributed by atoms with Crippen molar-refractivity contribution in [3.05, 3.63) is 0 Å². The molecule has 0 aromatic rings. The largest absolute Gasteiger partial charge is 1.00 e. The van der Waals surface area contributed by atoms with Gasteiger partial charge in [-0.2, -0.15) is 0 Å². The van der Waals surface area contributed by atoms with Crippen LogP contribution in [0.3, 0.4) is 0 Å². The van der Waals surface area contributed by atoms with E-state index in [1.807, 2.05) is 10.6 Å². The van der Waals surface area contributed by atoms with Crippen molar-refractivity contribution < 1.29 is 56.9 Å². The molecule has 92 valence electrons. The first-order chi connectivity index (χ1) is 7.09. The molecule has 5 amide bonds. The minimum absolute atomic E-state index is 0. The van der Waals surface area contributed by atoms with Crippen LogP contribution >= 0.6 is 0 Å². The molecule has 17 heavy (non-hydrogen) atoms. The standard InChI is InChI=1S/C4H6N4O3.CH4O3S.Na/c5-3(10)6-1-2(9)8-4(11)7-1;1-5(2,3)4;/h1H,(H3,5,6,10)(H2,7,8,9,11);1H3,(H,2,3,4);/q;;+1/p-1. The number of primary amides is 1. The van der Waals surface area contributed by atoms with Gasteiger partial charge in [-0.25, -0.2) is 18.0 Å². The van der Waals surface area contributed by atoms with E-state index in [0.717, 1.165) is 0 Å². The molecule has 0 spiro atoms. The zero-order valence-electron chi connectivity index (χ0n) is 9.01. The van der Waals surface area contributed by atoms with E-state index >= 15 is 0 Å². The van der Waals surface area contributed by atoms with Crippen LogP contribution in [0.4, 0.5) is 9.59 Å². The van der Waals surface area contributed by atoms with E-state index in [0.29, 0.717) is 6.26 Å². The summed E-state index contributed by atoms with van der Waals surface area (Å²) in [4.78, 5) is 31.3. The third-order valence-electron chi connectivity index (χ3n) is 1.06. The molecule has 1 fully saturated rings. The van der Waals surface area contributed by atoms with Gasteiger partial charge in [0.25, 0.3) is 5.91 Å². The number of imide groups is 1. The molecular weight excluding hydrogens is 267 g/mol. The predicted molar refractivity (Wildman–Crippen MR) is 48.8 cm³/mol. The summed E-state index contributed by atoms with van der Waals surface area (Å²) in [6.07, 6.45) is -0.438. The molecule has 1 rings (SSSR count). The van der Waals surface area contributed by atoms with Gasteiger partial charge in [0.15, 0.2) is 6.17 Å². The number of rotatable bonds is 1. The molecule has 0 radical (unpaired) electrons. The number of nitrogens with two attached hydrogens (primary N) is 1. The topological polar surface area (TPSA) is 171 Å².